The van der Waals surface area contributed by atoms with Gasteiger partial charge in [0.05, 0.1) is 19.3 Å². The van der Waals surface area contributed by atoms with E-state index < -0.39 is 6.10 Å². The fourth-order valence-electron chi connectivity index (χ4n) is 2.26. The molecule has 2 N–H and O–H groups in total. The van der Waals surface area contributed by atoms with Crippen LogP contribution in [-0.2, 0) is 9.47 Å². The van der Waals surface area contributed by atoms with Gasteiger partial charge >= 0.3 is 0 Å². The maximum atomic E-state index is 9.77. The standard InChI is InChI=1S/C15H29NO3/c1-13-6-3-4-7-14(13)11-19-12-15(17)10-16-8-5-9-18-2/h3-4,13-17H,5-12H2,1-2H3. The molecule has 1 aliphatic rings. The van der Waals surface area contributed by atoms with Crippen molar-refractivity contribution in [1.82, 2.24) is 5.32 Å². The maximum absolute atomic E-state index is 9.77. The highest BCUT2D eigenvalue weighted by Crippen LogP contribution is 2.24. The number of hydrogen-bond acceptors (Lipinski definition) is 4. The Labute approximate surface area is 117 Å². The highest BCUT2D eigenvalue weighted by molar-refractivity contribution is 4.93. The van der Waals surface area contributed by atoms with Crippen LogP contribution < -0.4 is 5.32 Å². The van der Waals surface area contributed by atoms with Crippen molar-refractivity contribution in [2.45, 2.75) is 32.3 Å². The highest BCUT2D eigenvalue weighted by atomic mass is 16.5. The molecule has 19 heavy (non-hydrogen) atoms. The fraction of sp³-hybridized carbons (Fsp3) is 0.867. The van der Waals surface area contributed by atoms with Gasteiger partial charge in [0.1, 0.15) is 0 Å². The van der Waals surface area contributed by atoms with Crippen LogP contribution in [0.4, 0.5) is 0 Å². The minimum atomic E-state index is -0.419. The van der Waals surface area contributed by atoms with Gasteiger partial charge in [0.25, 0.3) is 0 Å². The number of hydrogen-bond donors (Lipinski definition) is 2. The lowest BCUT2D eigenvalue weighted by Crippen LogP contribution is -2.32. The van der Waals surface area contributed by atoms with Crippen LogP contribution in [0, 0.1) is 11.8 Å². The van der Waals surface area contributed by atoms with Gasteiger partial charge in [-0.2, -0.15) is 0 Å². The molecule has 0 amide bonds. The van der Waals surface area contributed by atoms with E-state index in [1.807, 2.05) is 0 Å². The summed E-state index contributed by atoms with van der Waals surface area (Å²) in [5, 5.41) is 13.0. The van der Waals surface area contributed by atoms with Crippen LogP contribution in [0.5, 0.6) is 0 Å². The van der Waals surface area contributed by atoms with Gasteiger partial charge in [-0.1, -0.05) is 19.1 Å². The van der Waals surface area contributed by atoms with Crippen LogP contribution in [0.2, 0.25) is 0 Å². The third kappa shape index (κ3) is 7.67. The summed E-state index contributed by atoms with van der Waals surface area (Å²) in [4.78, 5) is 0. The second kappa shape index (κ2) is 10.4. The summed E-state index contributed by atoms with van der Waals surface area (Å²) in [6.07, 6.45) is 7.29. The van der Waals surface area contributed by atoms with Crippen LogP contribution in [0.15, 0.2) is 12.2 Å². The van der Waals surface area contributed by atoms with E-state index in [1.165, 1.54) is 0 Å². The molecule has 0 heterocycles. The predicted octanol–water partition coefficient (Wildman–Crippen LogP) is 1.59. The summed E-state index contributed by atoms with van der Waals surface area (Å²) in [5.41, 5.74) is 0. The van der Waals surface area contributed by atoms with E-state index in [0.717, 1.165) is 39.0 Å². The molecule has 0 fully saturated rings. The lowest BCUT2D eigenvalue weighted by molar-refractivity contribution is 0.0128. The number of rotatable bonds is 10. The maximum Gasteiger partial charge on any atom is 0.0897 e. The molecule has 0 aliphatic heterocycles. The van der Waals surface area contributed by atoms with Crippen LogP contribution in [-0.4, -0.2) is 51.2 Å². The first-order valence-corrected chi connectivity index (χ1v) is 7.34. The molecule has 0 aromatic heterocycles. The first kappa shape index (κ1) is 16.6. The second-order valence-corrected chi connectivity index (χ2v) is 5.42. The number of aliphatic hydroxyl groups excluding tert-OH is 1. The van der Waals surface area contributed by atoms with Crippen LogP contribution in [0.25, 0.3) is 0 Å². The molecule has 3 atom stereocenters. The van der Waals surface area contributed by atoms with E-state index in [4.69, 9.17) is 9.47 Å². The number of nitrogens with one attached hydrogen (secondary N) is 1. The quantitative estimate of drug-likeness (QED) is 0.468. The Kier molecular flexibility index (Phi) is 9.08. The normalized spacial score (nSPS) is 24.6. The van der Waals surface area contributed by atoms with E-state index in [9.17, 15) is 5.11 Å². The Morgan fingerprint density at radius 2 is 2.16 bits per heavy atom. The minimum absolute atomic E-state index is 0.419. The highest BCUT2D eigenvalue weighted by Gasteiger charge is 2.18. The zero-order valence-electron chi connectivity index (χ0n) is 12.3. The molecule has 0 aromatic rings. The lowest BCUT2D eigenvalue weighted by atomic mass is 9.85. The van der Waals surface area contributed by atoms with Crippen molar-refractivity contribution in [2.75, 3.05) is 40.0 Å². The number of aliphatic hydroxyl groups is 1. The van der Waals surface area contributed by atoms with Crippen molar-refractivity contribution in [2.24, 2.45) is 11.8 Å². The average molecular weight is 271 g/mol. The van der Waals surface area contributed by atoms with Crippen molar-refractivity contribution in [3.8, 4) is 0 Å². The van der Waals surface area contributed by atoms with Crippen LogP contribution in [0.1, 0.15) is 26.2 Å². The van der Waals surface area contributed by atoms with Gasteiger partial charge in [-0.15, -0.1) is 0 Å². The SMILES string of the molecule is COCCCNCC(O)COCC1CC=CCC1C. The summed E-state index contributed by atoms with van der Waals surface area (Å²) in [6.45, 7) is 5.66. The number of methoxy groups -OCH3 is 1. The number of ether oxygens (including phenoxy) is 2. The molecule has 4 heteroatoms. The first-order valence-electron chi connectivity index (χ1n) is 7.34. The molecule has 1 aliphatic carbocycles. The molecule has 0 saturated heterocycles. The van der Waals surface area contributed by atoms with Gasteiger partial charge in [0.2, 0.25) is 0 Å². The van der Waals surface area contributed by atoms with Crippen molar-refractivity contribution in [3.05, 3.63) is 12.2 Å². The molecule has 1 rings (SSSR count). The molecular formula is C15H29NO3. The minimum Gasteiger partial charge on any atom is -0.389 e. The fourth-order valence-corrected chi connectivity index (χ4v) is 2.26. The Balaban J connectivity index is 1.97. The van der Waals surface area contributed by atoms with Crippen molar-refractivity contribution in [3.63, 3.8) is 0 Å². The van der Waals surface area contributed by atoms with Gasteiger partial charge in [-0.3, -0.25) is 0 Å². The zero-order valence-corrected chi connectivity index (χ0v) is 12.3. The molecule has 4 nitrogen and oxygen atoms in total. The topological polar surface area (TPSA) is 50.7 Å². The van der Waals surface area contributed by atoms with E-state index in [2.05, 4.69) is 24.4 Å². The molecule has 0 spiro atoms. The Hall–Kier alpha value is -0.420. The Bertz CT molecular complexity index is 246. The van der Waals surface area contributed by atoms with Gasteiger partial charge in [0.15, 0.2) is 0 Å². The van der Waals surface area contributed by atoms with Crippen molar-refractivity contribution >= 4 is 0 Å². The van der Waals surface area contributed by atoms with Gasteiger partial charge in [-0.05, 0) is 37.6 Å². The van der Waals surface area contributed by atoms with Gasteiger partial charge in [-0.25, -0.2) is 0 Å². The molecule has 0 radical (unpaired) electrons. The Morgan fingerprint density at radius 1 is 1.37 bits per heavy atom. The monoisotopic (exact) mass is 271 g/mol. The largest absolute Gasteiger partial charge is 0.389 e. The second-order valence-electron chi connectivity index (χ2n) is 5.42. The molecule has 3 unspecified atom stereocenters. The van der Waals surface area contributed by atoms with E-state index in [0.29, 0.717) is 25.0 Å². The summed E-state index contributed by atoms with van der Waals surface area (Å²) in [5.74, 6) is 1.29. The van der Waals surface area contributed by atoms with E-state index in [-0.39, 0.29) is 0 Å². The first-order chi connectivity index (χ1) is 9.24. The van der Waals surface area contributed by atoms with Crippen LogP contribution in [0.3, 0.4) is 0 Å². The zero-order chi connectivity index (χ0) is 13.9. The summed E-state index contributed by atoms with van der Waals surface area (Å²) in [7, 11) is 1.70. The van der Waals surface area contributed by atoms with E-state index >= 15 is 0 Å². The smallest absolute Gasteiger partial charge is 0.0897 e. The van der Waals surface area contributed by atoms with Crippen molar-refractivity contribution in [1.29, 1.82) is 0 Å². The molecule has 0 aromatic carbocycles. The predicted molar refractivity (Wildman–Crippen MR) is 77.2 cm³/mol. The molecule has 0 saturated carbocycles. The average Bonchev–Trinajstić information content (AvgIpc) is 2.41. The number of allylic oxidation sites excluding steroid dienone is 2. The third-order valence-electron chi connectivity index (χ3n) is 3.64. The molecule has 0 bridgehead atoms. The lowest BCUT2D eigenvalue weighted by Gasteiger charge is -2.25. The van der Waals surface area contributed by atoms with Crippen molar-refractivity contribution < 1.29 is 14.6 Å². The summed E-state index contributed by atoms with van der Waals surface area (Å²) >= 11 is 0. The summed E-state index contributed by atoms with van der Waals surface area (Å²) in [6, 6.07) is 0. The van der Waals surface area contributed by atoms with Crippen LogP contribution >= 0.6 is 0 Å². The van der Waals surface area contributed by atoms with E-state index in [1.54, 1.807) is 7.11 Å². The molecular weight excluding hydrogens is 242 g/mol. The Morgan fingerprint density at radius 3 is 2.89 bits per heavy atom. The third-order valence-corrected chi connectivity index (χ3v) is 3.64. The molecule has 112 valence electrons. The van der Waals surface area contributed by atoms with Gasteiger partial charge < -0.3 is 19.9 Å². The summed E-state index contributed by atoms with van der Waals surface area (Å²) < 4.78 is 10.6. The van der Waals surface area contributed by atoms with Gasteiger partial charge in [0, 0.05) is 20.3 Å².